The van der Waals surface area contributed by atoms with E-state index in [9.17, 15) is 5.11 Å². The molecule has 180 valence electrons. The van der Waals surface area contributed by atoms with Crippen LogP contribution in [-0.4, -0.2) is 82.4 Å². The van der Waals surface area contributed by atoms with Crippen molar-refractivity contribution in [1.29, 1.82) is 0 Å². The van der Waals surface area contributed by atoms with Crippen LogP contribution >= 0.6 is 11.6 Å². The highest BCUT2D eigenvalue weighted by molar-refractivity contribution is 6.18. The molecule has 1 fully saturated rings. The summed E-state index contributed by atoms with van der Waals surface area (Å²) in [5, 5.41) is 16.0. The minimum Gasteiger partial charge on any atom is -0.391 e. The lowest BCUT2D eigenvalue weighted by Crippen LogP contribution is -2.28. The molecule has 1 aliphatic rings. The number of hydrogen-bond donors (Lipinski definition) is 3. The van der Waals surface area contributed by atoms with Gasteiger partial charge in [-0.1, -0.05) is 19.3 Å². The zero-order valence-electron chi connectivity index (χ0n) is 19.1. The number of epoxide rings is 1. The van der Waals surface area contributed by atoms with Gasteiger partial charge in [0.05, 0.1) is 18.8 Å². The highest BCUT2D eigenvalue weighted by Crippen LogP contribution is 2.17. The summed E-state index contributed by atoms with van der Waals surface area (Å²) in [6.07, 6.45) is 13.3. The summed E-state index contributed by atoms with van der Waals surface area (Å²) in [5.41, 5.74) is 0. The van der Waals surface area contributed by atoms with Gasteiger partial charge in [0.25, 0.3) is 0 Å². The first kappa shape index (κ1) is 28.1. The number of aliphatic hydroxyl groups is 1. The molecule has 0 aliphatic carbocycles. The van der Waals surface area contributed by atoms with Crippen LogP contribution in [0.2, 0.25) is 0 Å². The average molecular weight is 451 g/mol. The number of alkyl halides is 1. The average Bonchev–Trinajstić information content (AvgIpc) is 3.58. The standard InChI is InChI=1S/C23H47ClN2O4/c24-19-22(27)20-26-14-6-10-18-29-17-9-5-13-25-12-4-8-16-28-15-7-2-1-3-11-23-21-30-23/h22-23,25-27H,1-21H2. The Hall–Kier alpha value is 0.0500. The molecule has 0 amide bonds. The molecule has 3 N–H and O–H groups in total. The first-order chi connectivity index (χ1) is 14.8. The van der Waals surface area contributed by atoms with Gasteiger partial charge in [0.1, 0.15) is 0 Å². The van der Waals surface area contributed by atoms with Crippen LogP contribution in [0.5, 0.6) is 0 Å². The Morgan fingerprint density at radius 2 is 1.27 bits per heavy atom. The van der Waals surface area contributed by atoms with E-state index in [1.54, 1.807) is 0 Å². The summed E-state index contributed by atoms with van der Waals surface area (Å²) in [5.74, 6) is 0.289. The van der Waals surface area contributed by atoms with Crippen LogP contribution in [0.4, 0.5) is 0 Å². The van der Waals surface area contributed by atoms with Crippen LogP contribution in [0.1, 0.15) is 70.6 Å². The molecule has 30 heavy (non-hydrogen) atoms. The van der Waals surface area contributed by atoms with Gasteiger partial charge in [-0.05, 0) is 71.0 Å². The van der Waals surface area contributed by atoms with Gasteiger partial charge in [-0.15, -0.1) is 11.6 Å². The van der Waals surface area contributed by atoms with Gasteiger partial charge in [0, 0.05) is 38.9 Å². The molecule has 0 aromatic rings. The second-order valence-corrected chi connectivity index (χ2v) is 8.58. The quantitative estimate of drug-likeness (QED) is 0.112. The lowest BCUT2D eigenvalue weighted by atomic mass is 10.1. The van der Waals surface area contributed by atoms with Crippen molar-refractivity contribution in [2.45, 2.75) is 82.8 Å². The Balaban J connectivity index is 1.60. The van der Waals surface area contributed by atoms with Gasteiger partial charge in [-0.3, -0.25) is 0 Å². The van der Waals surface area contributed by atoms with Crippen LogP contribution in [0, 0.1) is 0 Å². The number of rotatable bonds is 25. The maximum absolute atomic E-state index is 9.30. The van der Waals surface area contributed by atoms with E-state index in [-0.39, 0.29) is 5.88 Å². The van der Waals surface area contributed by atoms with Crippen molar-refractivity contribution in [3.8, 4) is 0 Å². The molecule has 0 saturated carbocycles. The monoisotopic (exact) mass is 450 g/mol. The zero-order chi connectivity index (χ0) is 21.5. The number of ether oxygens (including phenoxy) is 3. The molecule has 1 heterocycles. The third-order valence-electron chi connectivity index (χ3n) is 5.20. The zero-order valence-corrected chi connectivity index (χ0v) is 19.8. The van der Waals surface area contributed by atoms with Gasteiger partial charge in [-0.25, -0.2) is 0 Å². The van der Waals surface area contributed by atoms with E-state index in [0.29, 0.717) is 12.6 Å². The highest BCUT2D eigenvalue weighted by Gasteiger charge is 2.20. The molecule has 0 spiro atoms. The number of hydrogen-bond acceptors (Lipinski definition) is 6. The highest BCUT2D eigenvalue weighted by atomic mass is 35.5. The van der Waals surface area contributed by atoms with Crippen molar-refractivity contribution in [3.05, 3.63) is 0 Å². The molecule has 0 bridgehead atoms. The Kier molecular flexibility index (Phi) is 20.8. The first-order valence-corrected chi connectivity index (χ1v) is 12.8. The largest absolute Gasteiger partial charge is 0.391 e. The van der Waals surface area contributed by atoms with Gasteiger partial charge < -0.3 is 30.0 Å². The van der Waals surface area contributed by atoms with Gasteiger partial charge in [0.15, 0.2) is 0 Å². The van der Waals surface area contributed by atoms with Crippen molar-refractivity contribution in [1.82, 2.24) is 10.6 Å². The van der Waals surface area contributed by atoms with Crippen LogP contribution in [0.3, 0.4) is 0 Å². The van der Waals surface area contributed by atoms with Crippen molar-refractivity contribution in [2.75, 3.05) is 65.1 Å². The summed E-state index contributed by atoms with van der Waals surface area (Å²) in [4.78, 5) is 0. The summed E-state index contributed by atoms with van der Waals surface area (Å²) >= 11 is 5.54. The minimum absolute atomic E-state index is 0.289. The minimum atomic E-state index is -0.442. The fourth-order valence-corrected chi connectivity index (χ4v) is 3.29. The van der Waals surface area contributed by atoms with E-state index in [2.05, 4.69) is 10.6 Å². The summed E-state index contributed by atoms with van der Waals surface area (Å²) < 4.78 is 16.6. The number of aliphatic hydroxyl groups excluding tert-OH is 1. The van der Waals surface area contributed by atoms with Crippen molar-refractivity contribution in [2.24, 2.45) is 0 Å². The van der Waals surface area contributed by atoms with E-state index < -0.39 is 6.10 Å². The lowest BCUT2D eigenvalue weighted by Gasteiger charge is -2.09. The molecular formula is C23H47ClN2O4. The molecule has 2 atom stereocenters. The molecule has 2 unspecified atom stereocenters. The fourth-order valence-electron chi connectivity index (χ4n) is 3.18. The Morgan fingerprint density at radius 3 is 1.80 bits per heavy atom. The molecule has 1 aliphatic heterocycles. The number of halogens is 1. The predicted octanol–water partition coefficient (Wildman–Crippen LogP) is 3.49. The smallest absolute Gasteiger partial charge is 0.0810 e. The van der Waals surface area contributed by atoms with E-state index in [1.165, 1.54) is 44.9 Å². The maximum atomic E-state index is 9.30. The van der Waals surface area contributed by atoms with Crippen molar-refractivity contribution < 1.29 is 19.3 Å². The topological polar surface area (TPSA) is 75.3 Å². The van der Waals surface area contributed by atoms with E-state index in [0.717, 1.165) is 78.4 Å². The lowest BCUT2D eigenvalue weighted by molar-refractivity contribution is 0.125. The molecular weight excluding hydrogens is 404 g/mol. The molecule has 1 saturated heterocycles. The first-order valence-electron chi connectivity index (χ1n) is 12.3. The second-order valence-electron chi connectivity index (χ2n) is 8.27. The summed E-state index contributed by atoms with van der Waals surface area (Å²) in [6, 6.07) is 0. The SMILES string of the molecule is OC(CCl)CNCCCCOCCCCNCCCCOCCCCCCC1CO1. The molecule has 7 heteroatoms. The molecule has 1 rings (SSSR count). The Morgan fingerprint density at radius 1 is 0.767 bits per heavy atom. The van der Waals surface area contributed by atoms with Gasteiger partial charge >= 0.3 is 0 Å². The third-order valence-corrected chi connectivity index (χ3v) is 5.56. The van der Waals surface area contributed by atoms with Crippen molar-refractivity contribution in [3.63, 3.8) is 0 Å². The number of unbranched alkanes of at least 4 members (excludes halogenated alkanes) is 6. The normalized spacial score (nSPS) is 16.8. The van der Waals surface area contributed by atoms with E-state index >= 15 is 0 Å². The third kappa shape index (κ3) is 21.3. The molecule has 6 nitrogen and oxygen atoms in total. The van der Waals surface area contributed by atoms with Gasteiger partial charge in [-0.2, -0.15) is 0 Å². The van der Waals surface area contributed by atoms with Crippen molar-refractivity contribution >= 4 is 11.6 Å². The number of nitrogens with one attached hydrogen (secondary N) is 2. The van der Waals surface area contributed by atoms with Crippen LogP contribution in [-0.2, 0) is 14.2 Å². The fraction of sp³-hybridized carbons (Fsp3) is 1.00. The second kappa shape index (κ2) is 22.3. The molecule has 0 aromatic heterocycles. The molecule has 0 radical (unpaired) electrons. The predicted molar refractivity (Wildman–Crippen MR) is 125 cm³/mol. The van der Waals surface area contributed by atoms with Crippen LogP contribution in [0.15, 0.2) is 0 Å². The Labute approximate surface area is 189 Å². The van der Waals surface area contributed by atoms with Crippen LogP contribution < -0.4 is 10.6 Å². The van der Waals surface area contributed by atoms with E-state index in [4.69, 9.17) is 25.8 Å². The Bertz CT molecular complexity index is 349. The maximum Gasteiger partial charge on any atom is 0.0810 e. The summed E-state index contributed by atoms with van der Waals surface area (Å²) in [7, 11) is 0. The van der Waals surface area contributed by atoms with Crippen LogP contribution in [0.25, 0.3) is 0 Å². The van der Waals surface area contributed by atoms with E-state index in [1.807, 2.05) is 0 Å². The van der Waals surface area contributed by atoms with Gasteiger partial charge in [0.2, 0.25) is 0 Å². The summed E-state index contributed by atoms with van der Waals surface area (Å²) in [6.45, 7) is 8.11. The molecule has 0 aromatic carbocycles.